The molecule has 0 aliphatic carbocycles. The van der Waals surface area contributed by atoms with Crippen molar-refractivity contribution in [3.05, 3.63) is 94.5 Å². The second-order valence-corrected chi connectivity index (χ2v) is 7.15. The maximum atomic E-state index is 13.0. The SMILES string of the molecule is CCOc1ccc(CN2C(=O)c3ccccc3C2=O)cc1C(=O)Nc1ccc(C#N)cc1. The quantitative estimate of drug-likeness (QED) is 0.602. The molecule has 4 rings (SSSR count). The Morgan fingerprint density at radius 3 is 2.25 bits per heavy atom. The normalized spacial score (nSPS) is 12.3. The second kappa shape index (κ2) is 8.74. The first-order chi connectivity index (χ1) is 15.5. The van der Waals surface area contributed by atoms with Crippen LogP contribution in [-0.2, 0) is 6.54 Å². The van der Waals surface area contributed by atoms with Crippen molar-refractivity contribution >= 4 is 23.4 Å². The van der Waals surface area contributed by atoms with Crippen LogP contribution in [0.3, 0.4) is 0 Å². The molecule has 0 saturated carbocycles. The Balaban J connectivity index is 1.59. The Morgan fingerprint density at radius 2 is 1.66 bits per heavy atom. The molecule has 3 amide bonds. The molecular formula is C25H19N3O4. The van der Waals surface area contributed by atoms with Crippen molar-refractivity contribution in [3.63, 3.8) is 0 Å². The molecule has 32 heavy (non-hydrogen) atoms. The number of amides is 3. The summed E-state index contributed by atoms with van der Waals surface area (Å²) in [4.78, 5) is 39.5. The van der Waals surface area contributed by atoms with Crippen LogP contribution < -0.4 is 10.1 Å². The lowest BCUT2D eigenvalue weighted by atomic mass is 10.1. The minimum Gasteiger partial charge on any atom is -0.493 e. The molecule has 0 spiro atoms. The van der Waals surface area contributed by atoms with Crippen LogP contribution in [0.15, 0.2) is 66.7 Å². The number of imide groups is 1. The van der Waals surface area contributed by atoms with E-state index in [-0.39, 0.29) is 23.9 Å². The van der Waals surface area contributed by atoms with E-state index in [1.165, 1.54) is 4.90 Å². The number of hydrogen-bond donors (Lipinski definition) is 1. The number of nitrogens with zero attached hydrogens (tertiary/aromatic N) is 2. The van der Waals surface area contributed by atoms with Crippen molar-refractivity contribution in [3.8, 4) is 11.8 Å². The van der Waals surface area contributed by atoms with E-state index in [4.69, 9.17) is 10.00 Å². The third-order valence-electron chi connectivity index (χ3n) is 5.08. The fraction of sp³-hybridized carbons (Fsp3) is 0.120. The molecule has 1 heterocycles. The highest BCUT2D eigenvalue weighted by atomic mass is 16.5. The van der Waals surface area contributed by atoms with Gasteiger partial charge in [0.05, 0.1) is 41.5 Å². The fourth-order valence-electron chi connectivity index (χ4n) is 3.53. The van der Waals surface area contributed by atoms with Crippen LogP contribution in [-0.4, -0.2) is 29.2 Å². The van der Waals surface area contributed by atoms with Gasteiger partial charge in [-0.05, 0) is 61.0 Å². The Bertz CT molecular complexity index is 1220. The first-order valence-electron chi connectivity index (χ1n) is 10.0. The highest BCUT2D eigenvalue weighted by Gasteiger charge is 2.35. The minimum atomic E-state index is -0.401. The van der Waals surface area contributed by atoms with Gasteiger partial charge in [-0.15, -0.1) is 0 Å². The lowest BCUT2D eigenvalue weighted by molar-refractivity contribution is 0.0642. The molecule has 158 valence electrons. The van der Waals surface area contributed by atoms with Gasteiger partial charge >= 0.3 is 0 Å². The van der Waals surface area contributed by atoms with Crippen LogP contribution in [0.25, 0.3) is 0 Å². The average molecular weight is 425 g/mol. The number of carbonyl (C=O) groups is 3. The molecule has 1 N–H and O–H groups in total. The zero-order chi connectivity index (χ0) is 22.7. The maximum Gasteiger partial charge on any atom is 0.261 e. The highest BCUT2D eigenvalue weighted by Crippen LogP contribution is 2.27. The summed E-state index contributed by atoms with van der Waals surface area (Å²) in [7, 11) is 0. The third-order valence-corrected chi connectivity index (χ3v) is 5.08. The molecule has 1 aliphatic rings. The standard InChI is InChI=1S/C25H19N3O4/c1-2-32-22-12-9-17(15-28-24(30)19-5-3-4-6-20(19)25(28)31)13-21(22)23(29)27-18-10-7-16(14-26)8-11-18/h3-13H,2,15H2,1H3,(H,27,29). The monoisotopic (exact) mass is 425 g/mol. The van der Waals surface area contributed by atoms with E-state index in [1.54, 1.807) is 66.7 Å². The molecule has 7 nitrogen and oxygen atoms in total. The number of anilines is 1. The van der Waals surface area contributed by atoms with Gasteiger partial charge in [-0.25, -0.2) is 0 Å². The van der Waals surface area contributed by atoms with Gasteiger partial charge in [-0.2, -0.15) is 5.26 Å². The Hall–Kier alpha value is -4.44. The van der Waals surface area contributed by atoms with Gasteiger partial charge in [-0.3, -0.25) is 19.3 Å². The van der Waals surface area contributed by atoms with Crippen molar-refractivity contribution in [2.45, 2.75) is 13.5 Å². The summed E-state index contributed by atoms with van der Waals surface area (Å²) in [6.07, 6.45) is 0. The van der Waals surface area contributed by atoms with Crippen LogP contribution >= 0.6 is 0 Å². The van der Waals surface area contributed by atoms with E-state index in [0.717, 1.165) is 0 Å². The Kier molecular flexibility index (Phi) is 5.69. The molecule has 0 saturated heterocycles. The highest BCUT2D eigenvalue weighted by molar-refractivity contribution is 6.21. The number of hydrogen-bond acceptors (Lipinski definition) is 5. The largest absolute Gasteiger partial charge is 0.493 e. The number of rotatable bonds is 6. The fourth-order valence-corrected chi connectivity index (χ4v) is 3.53. The molecule has 0 unspecified atom stereocenters. The summed E-state index contributed by atoms with van der Waals surface area (Å²) in [5.74, 6) is -0.724. The summed E-state index contributed by atoms with van der Waals surface area (Å²) in [5, 5.41) is 11.7. The predicted molar refractivity (Wildman–Crippen MR) is 117 cm³/mol. The van der Waals surface area contributed by atoms with E-state index >= 15 is 0 Å². The molecule has 7 heteroatoms. The molecule has 0 aromatic heterocycles. The van der Waals surface area contributed by atoms with Gasteiger partial charge in [0.25, 0.3) is 17.7 Å². The number of ether oxygens (including phenoxy) is 1. The van der Waals surface area contributed by atoms with Crippen molar-refractivity contribution in [2.24, 2.45) is 0 Å². The van der Waals surface area contributed by atoms with Crippen LogP contribution in [0.1, 0.15) is 49.1 Å². The van der Waals surface area contributed by atoms with E-state index in [0.29, 0.717) is 40.3 Å². The zero-order valence-corrected chi connectivity index (χ0v) is 17.3. The minimum absolute atomic E-state index is 0.0376. The van der Waals surface area contributed by atoms with Gasteiger partial charge in [0, 0.05) is 5.69 Å². The molecular weight excluding hydrogens is 406 g/mol. The zero-order valence-electron chi connectivity index (χ0n) is 17.3. The molecule has 1 aliphatic heterocycles. The average Bonchev–Trinajstić information content (AvgIpc) is 3.05. The first kappa shape index (κ1) is 20.8. The molecule has 3 aromatic rings. The summed E-state index contributed by atoms with van der Waals surface area (Å²) in [6.45, 7) is 2.22. The van der Waals surface area contributed by atoms with Gasteiger partial charge in [-0.1, -0.05) is 18.2 Å². The van der Waals surface area contributed by atoms with Crippen LogP contribution in [0.5, 0.6) is 5.75 Å². The van der Waals surface area contributed by atoms with Crippen molar-refractivity contribution < 1.29 is 19.1 Å². The number of benzene rings is 3. The summed E-state index contributed by atoms with van der Waals surface area (Å²) < 4.78 is 5.60. The Labute approximate surface area is 184 Å². The number of nitrogens with one attached hydrogen (secondary N) is 1. The topological polar surface area (TPSA) is 99.5 Å². The molecule has 0 bridgehead atoms. The van der Waals surface area contributed by atoms with Gasteiger partial charge in [0.15, 0.2) is 0 Å². The molecule has 3 aromatic carbocycles. The number of carbonyl (C=O) groups excluding carboxylic acids is 3. The second-order valence-electron chi connectivity index (χ2n) is 7.15. The van der Waals surface area contributed by atoms with Gasteiger partial charge in [0.1, 0.15) is 5.75 Å². The lowest BCUT2D eigenvalue weighted by Gasteiger charge is -2.16. The number of nitriles is 1. The number of fused-ring (bicyclic) bond motifs is 1. The molecule has 0 radical (unpaired) electrons. The van der Waals surface area contributed by atoms with Crippen molar-refractivity contribution in [1.29, 1.82) is 5.26 Å². The van der Waals surface area contributed by atoms with Gasteiger partial charge < -0.3 is 10.1 Å². The van der Waals surface area contributed by atoms with Crippen LogP contribution in [0.4, 0.5) is 5.69 Å². The summed E-state index contributed by atoms with van der Waals surface area (Å²) >= 11 is 0. The molecule has 0 atom stereocenters. The molecule has 0 fully saturated rings. The lowest BCUT2D eigenvalue weighted by Crippen LogP contribution is -2.29. The first-order valence-corrected chi connectivity index (χ1v) is 10.0. The summed E-state index contributed by atoms with van der Waals surface area (Å²) in [6, 6.07) is 20.2. The van der Waals surface area contributed by atoms with Crippen molar-refractivity contribution in [1.82, 2.24) is 4.90 Å². The summed E-state index contributed by atoms with van der Waals surface area (Å²) in [5.41, 5.74) is 2.67. The predicted octanol–water partition coefficient (Wildman–Crippen LogP) is 4.01. The van der Waals surface area contributed by atoms with E-state index in [9.17, 15) is 14.4 Å². The van der Waals surface area contributed by atoms with Gasteiger partial charge in [0.2, 0.25) is 0 Å². The van der Waals surface area contributed by atoms with Crippen LogP contribution in [0, 0.1) is 11.3 Å². The van der Waals surface area contributed by atoms with Crippen molar-refractivity contribution in [2.75, 3.05) is 11.9 Å². The van der Waals surface area contributed by atoms with Crippen LogP contribution in [0.2, 0.25) is 0 Å². The smallest absolute Gasteiger partial charge is 0.261 e. The maximum absolute atomic E-state index is 13.0. The Morgan fingerprint density at radius 1 is 1.00 bits per heavy atom. The van der Waals surface area contributed by atoms with E-state index in [2.05, 4.69) is 5.32 Å². The van der Waals surface area contributed by atoms with E-state index < -0.39 is 5.91 Å². The van der Waals surface area contributed by atoms with E-state index in [1.807, 2.05) is 13.0 Å². The third kappa shape index (κ3) is 3.94.